The predicted octanol–water partition coefficient (Wildman–Crippen LogP) is 3.03. The molecular weight excluding hydrogens is 328 g/mol. The summed E-state index contributed by atoms with van der Waals surface area (Å²) in [6.45, 7) is 5.86. The average molecular weight is 346 g/mol. The first-order valence-electron chi connectivity index (χ1n) is 7.82. The third kappa shape index (κ3) is 2.62. The first-order valence-corrected chi connectivity index (χ1v) is 9.52. The van der Waals surface area contributed by atoms with Gasteiger partial charge in [-0.25, -0.2) is 4.98 Å². The lowest BCUT2D eigenvalue weighted by Gasteiger charge is -2.35. The van der Waals surface area contributed by atoms with Crippen LogP contribution in [0.5, 0.6) is 0 Å². The molecular formula is C16H18N4OS2. The molecule has 5 nitrogen and oxygen atoms in total. The van der Waals surface area contributed by atoms with Crippen molar-refractivity contribution in [1.82, 2.24) is 19.5 Å². The van der Waals surface area contributed by atoms with Crippen molar-refractivity contribution in [2.75, 3.05) is 6.54 Å². The highest BCUT2D eigenvalue weighted by molar-refractivity contribution is 7.16. The molecule has 0 bridgehead atoms. The van der Waals surface area contributed by atoms with Crippen LogP contribution in [0.3, 0.4) is 0 Å². The molecule has 0 amide bonds. The van der Waals surface area contributed by atoms with E-state index in [1.54, 1.807) is 6.07 Å². The molecule has 7 heteroatoms. The Labute approximate surface area is 142 Å². The minimum Gasteiger partial charge on any atom is -0.290 e. The van der Waals surface area contributed by atoms with Crippen LogP contribution in [0.2, 0.25) is 0 Å². The summed E-state index contributed by atoms with van der Waals surface area (Å²) in [5.41, 5.74) is 2.21. The molecule has 23 heavy (non-hydrogen) atoms. The van der Waals surface area contributed by atoms with Crippen molar-refractivity contribution in [3.63, 3.8) is 0 Å². The number of thiophene rings is 1. The van der Waals surface area contributed by atoms with Gasteiger partial charge in [0.15, 0.2) is 0 Å². The lowest BCUT2D eigenvalue weighted by Crippen LogP contribution is -2.34. The number of fused-ring (bicyclic) bond motifs is 2. The Morgan fingerprint density at radius 1 is 1.43 bits per heavy atom. The Kier molecular flexibility index (Phi) is 3.79. The van der Waals surface area contributed by atoms with E-state index in [4.69, 9.17) is 0 Å². The summed E-state index contributed by atoms with van der Waals surface area (Å²) < 4.78 is 1.40. The Balaban J connectivity index is 1.66. The van der Waals surface area contributed by atoms with Gasteiger partial charge in [0.2, 0.25) is 4.96 Å². The number of nitrogens with zero attached hydrogens (tertiary/aromatic N) is 4. The lowest BCUT2D eigenvalue weighted by atomic mass is 9.97. The monoisotopic (exact) mass is 346 g/mol. The summed E-state index contributed by atoms with van der Waals surface area (Å²) in [4.78, 5) is 21.5. The zero-order valence-corrected chi connectivity index (χ0v) is 14.8. The number of hydrogen-bond donors (Lipinski definition) is 0. The van der Waals surface area contributed by atoms with Gasteiger partial charge >= 0.3 is 0 Å². The van der Waals surface area contributed by atoms with Crippen LogP contribution in [-0.4, -0.2) is 26.0 Å². The van der Waals surface area contributed by atoms with Gasteiger partial charge in [-0.15, -0.1) is 11.3 Å². The van der Waals surface area contributed by atoms with Crippen molar-refractivity contribution >= 4 is 27.6 Å². The third-order valence-corrected chi connectivity index (χ3v) is 6.18. The maximum Gasteiger partial charge on any atom is 0.275 e. The molecule has 0 spiro atoms. The van der Waals surface area contributed by atoms with Crippen molar-refractivity contribution < 1.29 is 0 Å². The molecule has 0 saturated carbocycles. The van der Waals surface area contributed by atoms with Crippen LogP contribution in [0.25, 0.3) is 4.96 Å². The number of rotatable bonds is 3. The number of hydrogen-bond acceptors (Lipinski definition) is 6. The van der Waals surface area contributed by atoms with Crippen LogP contribution >= 0.6 is 22.7 Å². The molecule has 0 saturated heterocycles. The molecule has 120 valence electrons. The van der Waals surface area contributed by atoms with E-state index in [0.29, 0.717) is 11.0 Å². The molecule has 0 aromatic carbocycles. The van der Waals surface area contributed by atoms with Crippen molar-refractivity contribution in [1.29, 1.82) is 0 Å². The van der Waals surface area contributed by atoms with Crippen molar-refractivity contribution in [2.24, 2.45) is 0 Å². The fourth-order valence-corrected chi connectivity index (χ4v) is 5.05. The summed E-state index contributed by atoms with van der Waals surface area (Å²) in [5, 5.41) is 7.25. The van der Waals surface area contributed by atoms with Crippen LogP contribution in [0.1, 0.15) is 40.5 Å². The standard InChI is InChI=1S/C16H18N4OS2/c1-3-13-12-5-7-22-14(12)4-6-19(13)9-11-8-15(21)20-16(17-11)23-10(2)18-20/h5,7-8,13H,3-4,6,9H2,1-2H3/t13-/m1/s1. The van der Waals surface area contributed by atoms with E-state index in [1.807, 2.05) is 18.3 Å². The molecule has 4 rings (SSSR count). The first kappa shape index (κ1) is 15.0. The molecule has 1 aliphatic rings. The quantitative estimate of drug-likeness (QED) is 0.731. The molecule has 0 radical (unpaired) electrons. The van der Waals surface area contributed by atoms with Crippen LogP contribution in [-0.2, 0) is 13.0 Å². The van der Waals surface area contributed by atoms with Gasteiger partial charge in [-0.3, -0.25) is 9.69 Å². The second kappa shape index (κ2) is 5.81. The van der Waals surface area contributed by atoms with E-state index in [0.717, 1.165) is 36.6 Å². The summed E-state index contributed by atoms with van der Waals surface area (Å²) in [5.74, 6) is 0. The van der Waals surface area contributed by atoms with Gasteiger partial charge in [0.1, 0.15) is 5.01 Å². The molecule has 3 aromatic rings. The van der Waals surface area contributed by atoms with E-state index in [9.17, 15) is 4.79 Å². The maximum absolute atomic E-state index is 12.2. The highest BCUT2D eigenvalue weighted by Crippen LogP contribution is 2.35. The second-order valence-corrected chi connectivity index (χ2v) is 8.01. The van der Waals surface area contributed by atoms with Gasteiger partial charge in [-0.2, -0.15) is 9.61 Å². The largest absolute Gasteiger partial charge is 0.290 e. The fourth-order valence-electron chi connectivity index (χ4n) is 3.36. The highest BCUT2D eigenvalue weighted by Gasteiger charge is 2.27. The number of aromatic nitrogens is 3. The minimum atomic E-state index is -0.0874. The number of aryl methyl sites for hydroxylation is 1. The van der Waals surface area contributed by atoms with Crippen molar-refractivity contribution in [3.8, 4) is 0 Å². The molecule has 0 aliphatic carbocycles. The molecule has 3 aromatic heterocycles. The van der Waals surface area contributed by atoms with Gasteiger partial charge in [-0.1, -0.05) is 18.3 Å². The van der Waals surface area contributed by atoms with E-state index in [1.165, 1.54) is 26.3 Å². The summed E-state index contributed by atoms with van der Waals surface area (Å²) in [6, 6.07) is 4.30. The zero-order valence-electron chi connectivity index (χ0n) is 13.2. The molecule has 0 fully saturated rings. The molecule has 4 heterocycles. The Hall–Kier alpha value is -1.57. The average Bonchev–Trinajstić information content (AvgIpc) is 3.13. The summed E-state index contributed by atoms with van der Waals surface area (Å²) >= 11 is 3.32. The fraction of sp³-hybridized carbons (Fsp3) is 0.438. The third-order valence-electron chi connectivity index (χ3n) is 4.36. The SMILES string of the molecule is CC[C@@H]1c2ccsc2CCN1Cc1cc(=O)n2nc(C)sc2n1. The Bertz CT molecular complexity index is 910. The molecule has 1 aliphatic heterocycles. The maximum atomic E-state index is 12.2. The van der Waals surface area contributed by atoms with E-state index >= 15 is 0 Å². The van der Waals surface area contributed by atoms with Crippen LogP contribution < -0.4 is 5.56 Å². The van der Waals surface area contributed by atoms with Crippen LogP contribution in [0.15, 0.2) is 22.3 Å². The summed E-state index contributed by atoms with van der Waals surface area (Å²) in [7, 11) is 0. The van der Waals surface area contributed by atoms with Gasteiger partial charge in [0, 0.05) is 30.1 Å². The van der Waals surface area contributed by atoms with Crippen molar-refractivity contribution in [3.05, 3.63) is 49.0 Å². The second-order valence-electron chi connectivity index (χ2n) is 5.84. The topological polar surface area (TPSA) is 50.5 Å². The highest BCUT2D eigenvalue weighted by atomic mass is 32.1. The van der Waals surface area contributed by atoms with Gasteiger partial charge in [0.25, 0.3) is 5.56 Å². The first-order chi connectivity index (χ1) is 11.2. The molecule has 0 unspecified atom stereocenters. The predicted molar refractivity (Wildman–Crippen MR) is 93.3 cm³/mol. The van der Waals surface area contributed by atoms with Crippen LogP contribution in [0, 0.1) is 6.92 Å². The van der Waals surface area contributed by atoms with E-state index in [-0.39, 0.29) is 5.56 Å². The van der Waals surface area contributed by atoms with E-state index < -0.39 is 0 Å². The van der Waals surface area contributed by atoms with Gasteiger partial charge in [0.05, 0.1) is 5.69 Å². The minimum absolute atomic E-state index is 0.0874. The van der Waals surface area contributed by atoms with Crippen molar-refractivity contribution in [2.45, 2.75) is 39.3 Å². The van der Waals surface area contributed by atoms with E-state index in [2.05, 4.69) is 33.4 Å². The Morgan fingerprint density at radius 2 is 2.30 bits per heavy atom. The van der Waals surface area contributed by atoms with Crippen LogP contribution in [0.4, 0.5) is 0 Å². The van der Waals surface area contributed by atoms with Gasteiger partial charge < -0.3 is 0 Å². The smallest absolute Gasteiger partial charge is 0.275 e. The summed E-state index contributed by atoms with van der Waals surface area (Å²) in [6.07, 6.45) is 2.16. The van der Waals surface area contributed by atoms with Gasteiger partial charge in [-0.05, 0) is 36.8 Å². The molecule has 1 atom stereocenters. The zero-order chi connectivity index (χ0) is 16.0. The molecule has 0 N–H and O–H groups in total. The Morgan fingerprint density at radius 3 is 3.13 bits per heavy atom. The normalized spacial score (nSPS) is 18.4. The lowest BCUT2D eigenvalue weighted by molar-refractivity contribution is 0.171.